The van der Waals surface area contributed by atoms with Gasteiger partial charge in [-0.25, -0.2) is 0 Å². The fraction of sp³-hybridized carbons (Fsp3) is 0.364. The third-order valence-electron chi connectivity index (χ3n) is 5.58. The molecular formula is C22H22N2O. The summed E-state index contributed by atoms with van der Waals surface area (Å²) < 4.78 is 0. The molecule has 0 N–H and O–H groups in total. The first kappa shape index (κ1) is 15.9. The molecule has 126 valence electrons. The molecule has 1 amide bonds. The average molecular weight is 330 g/mol. The number of benzene rings is 2. The van der Waals surface area contributed by atoms with E-state index in [2.05, 4.69) is 36.4 Å². The van der Waals surface area contributed by atoms with Crippen LogP contribution in [0.25, 0.3) is 0 Å². The van der Waals surface area contributed by atoms with Gasteiger partial charge >= 0.3 is 0 Å². The predicted molar refractivity (Wildman–Crippen MR) is 97.1 cm³/mol. The van der Waals surface area contributed by atoms with Gasteiger partial charge in [-0.05, 0) is 60.8 Å². The number of nitrogens with zero attached hydrogens (tertiary/aromatic N) is 2. The van der Waals surface area contributed by atoms with E-state index in [0.717, 1.165) is 24.9 Å². The van der Waals surface area contributed by atoms with Gasteiger partial charge in [-0.1, -0.05) is 36.4 Å². The van der Waals surface area contributed by atoms with Gasteiger partial charge in [0.2, 0.25) is 0 Å². The molecule has 1 aliphatic heterocycles. The summed E-state index contributed by atoms with van der Waals surface area (Å²) in [5.41, 5.74) is 2.66. The standard InChI is InChI=1S/C22H22N2O/c23-13-16-5-4-8-20(11-16)22(25)24-14-17(15-24)9-10-19-12-21(19)18-6-2-1-3-7-18/h1-8,11,17,19,21H,9-10,12,14-15H2. The molecule has 1 saturated carbocycles. The number of carbonyl (C=O) groups excluding carboxylic acids is 1. The van der Waals surface area contributed by atoms with Gasteiger partial charge in [0.15, 0.2) is 0 Å². The van der Waals surface area contributed by atoms with Gasteiger partial charge in [0.1, 0.15) is 0 Å². The highest BCUT2D eigenvalue weighted by Crippen LogP contribution is 2.50. The monoisotopic (exact) mass is 330 g/mol. The van der Waals surface area contributed by atoms with Crippen LogP contribution in [-0.4, -0.2) is 23.9 Å². The average Bonchev–Trinajstić information content (AvgIpc) is 3.40. The SMILES string of the molecule is N#Cc1cccc(C(=O)N2CC(CCC3CC3c3ccccc3)C2)c1. The molecule has 1 saturated heterocycles. The summed E-state index contributed by atoms with van der Waals surface area (Å²) in [6.07, 6.45) is 3.81. The Morgan fingerprint density at radius 2 is 1.88 bits per heavy atom. The van der Waals surface area contributed by atoms with E-state index in [1.165, 1.54) is 24.8 Å². The minimum atomic E-state index is 0.0573. The normalized spacial score (nSPS) is 22.1. The van der Waals surface area contributed by atoms with Gasteiger partial charge < -0.3 is 4.90 Å². The number of carbonyl (C=O) groups is 1. The maximum absolute atomic E-state index is 12.4. The van der Waals surface area contributed by atoms with Crippen molar-refractivity contribution in [3.63, 3.8) is 0 Å². The molecule has 25 heavy (non-hydrogen) atoms. The fourth-order valence-corrected chi connectivity index (χ4v) is 3.95. The highest BCUT2D eigenvalue weighted by molar-refractivity contribution is 5.95. The van der Waals surface area contributed by atoms with Crippen LogP contribution in [0, 0.1) is 23.2 Å². The molecule has 2 fully saturated rings. The van der Waals surface area contributed by atoms with Gasteiger partial charge in [0.25, 0.3) is 5.91 Å². The summed E-state index contributed by atoms with van der Waals surface area (Å²) in [5.74, 6) is 2.29. The van der Waals surface area contributed by atoms with E-state index >= 15 is 0 Å². The van der Waals surface area contributed by atoms with E-state index in [1.54, 1.807) is 24.3 Å². The van der Waals surface area contributed by atoms with Crippen LogP contribution in [-0.2, 0) is 0 Å². The van der Waals surface area contributed by atoms with Gasteiger partial charge in [0, 0.05) is 18.7 Å². The Bertz CT molecular complexity index is 802. The lowest BCUT2D eigenvalue weighted by molar-refractivity contribution is 0.0479. The van der Waals surface area contributed by atoms with E-state index in [9.17, 15) is 4.79 Å². The van der Waals surface area contributed by atoms with Crippen molar-refractivity contribution in [2.45, 2.75) is 25.2 Å². The van der Waals surface area contributed by atoms with E-state index < -0.39 is 0 Å². The number of amides is 1. The second-order valence-electron chi connectivity index (χ2n) is 7.36. The summed E-state index contributed by atoms with van der Waals surface area (Å²) in [7, 11) is 0. The maximum atomic E-state index is 12.4. The van der Waals surface area contributed by atoms with Gasteiger partial charge in [-0.3, -0.25) is 4.79 Å². The van der Waals surface area contributed by atoms with Crippen LogP contribution >= 0.6 is 0 Å². The first-order valence-electron chi connectivity index (χ1n) is 9.09. The number of nitriles is 1. The zero-order valence-corrected chi connectivity index (χ0v) is 14.3. The van der Waals surface area contributed by atoms with Crippen LogP contribution in [0.4, 0.5) is 0 Å². The lowest BCUT2D eigenvalue weighted by atomic mass is 9.92. The summed E-state index contributed by atoms with van der Waals surface area (Å²) in [6.45, 7) is 1.72. The molecule has 2 aromatic rings. The Kier molecular flexibility index (Phi) is 4.28. The Morgan fingerprint density at radius 3 is 2.64 bits per heavy atom. The first-order chi connectivity index (χ1) is 12.2. The Hall–Kier alpha value is -2.60. The zero-order chi connectivity index (χ0) is 17.2. The van der Waals surface area contributed by atoms with Crippen LogP contribution in [0.1, 0.15) is 46.7 Å². The molecule has 2 aromatic carbocycles. The van der Waals surface area contributed by atoms with Crippen LogP contribution in [0.3, 0.4) is 0 Å². The topological polar surface area (TPSA) is 44.1 Å². The molecule has 0 radical (unpaired) electrons. The smallest absolute Gasteiger partial charge is 0.253 e. The number of likely N-dealkylation sites (tertiary alicyclic amines) is 1. The first-order valence-corrected chi connectivity index (χ1v) is 9.09. The van der Waals surface area contributed by atoms with Crippen molar-refractivity contribution in [2.24, 2.45) is 11.8 Å². The van der Waals surface area contributed by atoms with Crippen molar-refractivity contribution in [1.29, 1.82) is 5.26 Å². The molecule has 1 aliphatic carbocycles. The van der Waals surface area contributed by atoms with Crippen LogP contribution in [0.15, 0.2) is 54.6 Å². The van der Waals surface area contributed by atoms with Gasteiger partial charge in [0.05, 0.1) is 11.6 Å². The Balaban J connectivity index is 1.22. The molecule has 2 atom stereocenters. The minimum Gasteiger partial charge on any atom is -0.338 e. The van der Waals surface area contributed by atoms with Crippen molar-refractivity contribution >= 4 is 5.91 Å². The van der Waals surface area contributed by atoms with Crippen molar-refractivity contribution in [1.82, 2.24) is 4.90 Å². The molecule has 3 heteroatoms. The highest BCUT2D eigenvalue weighted by Gasteiger charge is 2.39. The second-order valence-corrected chi connectivity index (χ2v) is 7.36. The highest BCUT2D eigenvalue weighted by atomic mass is 16.2. The molecule has 0 aromatic heterocycles. The molecule has 2 unspecified atom stereocenters. The Labute approximate surface area is 148 Å². The van der Waals surface area contributed by atoms with E-state index in [0.29, 0.717) is 17.0 Å². The fourth-order valence-electron chi connectivity index (χ4n) is 3.95. The van der Waals surface area contributed by atoms with E-state index in [1.807, 2.05) is 4.90 Å². The largest absolute Gasteiger partial charge is 0.338 e. The maximum Gasteiger partial charge on any atom is 0.253 e. The molecule has 0 spiro atoms. The second kappa shape index (κ2) is 6.72. The molecule has 1 heterocycles. The predicted octanol–water partition coefficient (Wildman–Crippen LogP) is 4.21. The van der Waals surface area contributed by atoms with Crippen molar-refractivity contribution in [3.8, 4) is 6.07 Å². The van der Waals surface area contributed by atoms with Crippen molar-refractivity contribution in [3.05, 3.63) is 71.3 Å². The Morgan fingerprint density at radius 1 is 1.08 bits per heavy atom. The molecule has 3 nitrogen and oxygen atoms in total. The van der Waals surface area contributed by atoms with Gasteiger partial charge in [-0.2, -0.15) is 5.26 Å². The minimum absolute atomic E-state index is 0.0573. The number of hydrogen-bond donors (Lipinski definition) is 0. The number of rotatable bonds is 5. The third-order valence-corrected chi connectivity index (χ3v) is 5.58. The lowest BCUT2D eigenvalue weighted by Crippen LogP contribution is -2.49. The van der Waals surface area contributed by atoms with Gasteiger partial charge in [-0.15, -0.1) is 0 Å². The van der Waals surface area contributed by atoms with E-state index in [-0.39, 0.29) is 5.91 Å². The molecular weight excluding hydrogens is 308 g/mol. The summed E-state index contributed by atoms with van der Waals surface area (Å²) >= 11 is 0. The summed E-state index contributed by atoms with van der Waals surface area (Å²) in [6, 6.07) is 19.9. The van der Waals surface area contributed by atoms with E-state index in [4.69, 9.17) is 5.26 Å². The van der Waals surface area contributed by atoms with Crippen LogP contribution in [0.2, 0.25) is 0 Å². The number of hydrogen-bond acceptors (Lipinski definition) is 2. The lowest BCUT2D eigenvalue weighted by Gasteiger charge is -2.39. The molecule has 0 bridgehead atoms. The quantitative estimate of drug-likeness (QED) is 0.824. The van der Waals surface area contributed by atoms with Crippen molar-refractivity contribution < 1.29 is 4.79 Å². The summed E-state index contributed by atoms with van der Waals surface area (Å²) in [4.78, 5) is 14.4. The zero-order valence-electron chi connectivity index (χ0n) is 14.3. The summed E-state index contributed by atoms with van der Waals surface area (Å²) in [5, 5.41) is 8.95. The van der Waals surface area contributed by atoms with Crippen molar-refractivity contribution in [2.75, 3.05) is 13.1 Å². The van der Waals surface area contributed by atoms with Crippen LogP contribution < -0.4 is 0 Å². The molecule has 2 aliphatic rings. The third kappa shape index (κ3) is 3.44. The molecule has 4 rings (SSSR count). The van der Waals surface area contributed by atoms with Crippen LogP contribution in [0.5, 0.6) is 0 Å².